The van der Waals surface area contributed by atoms with E-state index in [1.165, 1.54) is 33.0 Å². The summed E-state index contributed by atoms with van der Waals surface area (Å²) in [6, 6.07) is 46.4. The van der Waals surface area contributed by atoms with Crippen LogP contribution >= 0.6 is 0 Å². The zero-order valence-electron chi connectivity index (χ0n) is 37.5. The summed E-state index contributed by atoms with van der Waals surface area (Å²) in [7, 11) is -1.37. The minimum atomic E-state index is -1.37. The van der Waals surface area contributed by atoms with Gasteiger partial charge >= 0.3 is 0 Å². The van der Waals surface area contributed by atoms with Gasteiger partial charge in [0.25, 0.3) is 0 Å². The molecule has 0 aliphatic heterocycles. The summed E-state index contributed by atoms with van der Waals surface area (Å²) in [6.07, 6.45) is 4.90. The van der Waals surface area contributed by atoms with Crippen molar-refractivity contribution in [2.45, 2.75) is 86.4 Å². The van der Waals surface area contributed by atoms with Crippen LogP contribution in [-0.2, 0) is 26.5 Å². The first-order chi connectivity index (χ1) is 29.2. The fourth-order valence-corrected chi connectivity index (χ4v) is 9.85. The maximum atomic E-state index is 6.44. The first-order valence-electron chi connectivity index (χ1n) is 21.4. The second-order valence-corrected chi connectivity index (χ2v) is 23.9. The molecule has 0 saturated carbocycles. The molecule has 0 saturated heterocycles. The Bertz CT molecular complexity index is 2950. The normalized spacial score (nSPS) is 11.9. The summed E-state index contributed by atoms with van der Waals surface area (Å²) in [4.78, 5) is 9.84. The van der Waals surface area contributed by atoms with Gasteiger partial charge in [-0.25, -0.2) is 0 Å². The number of nitrogens with zero attached hydrogens (tertiary/aromatic N) is 5. The van der Waals surface area contributed by atoms with E-state index in [1.807, 2.05) is 48.5 Å². The van der Waals surface area contributed by atoms with E-state index in [2.05, 4.69) is 168 Å². The molecule has 0 unspecified atom stereocenters. The number of fused-ring (bicyclic) bond motifs is 4. The summed E-state index contributed by atoms with van der Waals surface area (Å²) in [5.74, 6) is 1.25. The molecule has 0 fully saturated rings. The largest absolute Gasteiger partial charge is 0.501 e. The molecule has 0 atom stereocenters. The summed E-state index contributed by atoms with van der Waals surface area (Å²) < 4.78 is 8.62. The van der Waals surface area contributed by atoms with Crippen LogP contribution in [0, 0.1) is 17.5 Å². The van der Waals surface area contributed by atoms with Crippen LogP contribution in [0.3, 0.4) is 0 Å². The van der Waals surface area contributed by atoms with Crippen LogP contribution in [0.15, 0.2) is 132 Å². The van der Waals surface area contributed by atoms with Crippen molar-refractivity contribution in [3.05, 3.63) is 156 Å². The molecule has 1 radical (unpaired) electrons. The molecular formula is C54H55IrN5OSi-2. The smallest absolute Gasteiger partial charge is 0.178 e. The van der Waals surface area contributed by atoms with Crippen molar-refractivity contribution in [2.24, 2.45) is 5.41 Å². The predicted molar refractivity (Wildman–Crippen MR) is 256 cm³/mol. The second kappa shape index (κ2) is 18.1. The number of imidazole rings is 1. The molecule has 6 nitrogen and oxygen atoms in total. The number of benzene rings is 5. The summed E-state index contributed by atoms with van der Waals surface area (Å²) in [5, 5.41) is 12.5. The minimum Gasteiger partial charge on any atom is -0.501 e. The van der Waals surface area contributed by atoms with Crippen LogP contribution in [0.4, 0.5) is 0 Å². The van der Waals surface area contributed by atoms with Crippen molar-refractivity contribution < 1.29 is 24.5 Å². The number of furan rings is 1. The molecule has 0 aliphatic rings. The van der Waals surface area contributed by atoms with Gasteiger partial charge in [-0.15, -0.1) is 59.2 Å². The van der Waals surface area contributed by atoms with Gasteiger partial charge in [0.2, 0.25) is 0 Å². The fraction of sp³-hybridized carbons (Fsp3) is 0.259. The molecule has 0 amide bonds. The van der Waals surface area contributed by atoms with Crippen molar-refractivity contribution >= 4 is 46.4 Å². The minimum absolute atomic E-state index is 0. The van der Waals surface area contributed by atoms with Gasteiger partial charge in [0.15, 0.2) is 5.65 Å². The monoisotopic (exact) mass is 1010 g/mol. The Hall–Kier alpha value is -5.53. The Kier molecular flexibility index (Phi) is 13.0. The molecule has 4 aromatic heterocycles. The van der Waals surface area contributed by atoms with Gasteiger partial charge in [-0.3, -0.25) is 4.98 Å². The van der Waals surface area contributed by atoms with Gasteiger partial charge < -0.3 is 14.0 Å². The summed E-state index contributed by atoms with van der Waals surface area (Å²) >= 11 is 0. The van der Waals surface area contributed by atoms with Crippen molar-refractivity contribution in [1.82, 2.24) is 24.7 Å². The first kappa shape index (κ1) is 44.5. The van der Waals surface area contributed by atoms with E-state index in [1.54, 1.807) is 6.20 Å². The summed E-state index contributed by atoms with van der Waals surface area (Å²) in [6.45, 7) is 23.1. The number of pyridine rings is 1. The molecule has 8 heteroatoms. The van der Waals surface area contributed by atoms with E-state index in [0.717, 1.165) is 67.9 Å². The van der Waals surface area contributed by atoms with E-state index >= 15 is 0 Å². The van der Waals surface area contributed by atoms with Crippen LogP contribution in [0.2, 0.25) is 19.6 Å². The topological polar surface area (TPSA) is 69.6 Å². The van der Waals surface area contributed by atoms with E-state index in [-0.39, 0.29) is 37.4 Å². The number of aromatic nitrogens is 5. The van der Waals surface area contributed by atoms with Crippen LogP contribution in [0.25, 0.3) is 72.6 Å². The SMILES string of the molecule is CC(C)(C)Cc1cc(-c2[c-]cccc2)ncc1[Si](C)(C)C.CC(C)c1cc(-c2ccccc2)cc(C(C)C)c1-n1c(-c2[c-]ccc3c2oc2ccccc23)nc2ccnnc21.[Ir]. The van der Waals surface area contributed by atoms with Crippen molar-refractivity contribution in [3.63, 3.8) is 0 Å². The average molecular weight is 1010 g/mol. The Morgan fingerprint density at radius 1 is 0.742 bits per heavy atom. The molecule has 0 aliphatic carbocycles. The maximum Gasteiger partial charge on any atom is 0.178 e. The van der Waals surface area contributed by atoms with E-state index in [9.17, 15) is 0 Å². The molecule has 5 aromatic carbocycles. The summed E-state index contributed by atoms with van der Waals surface area (Å²) in [5.41, 5.74) is 13.8. The van der Waals surface area contributed by atoms with Crippen LogP contribution in [-0.4, -0.2) is 32.8 Å². The van der Waals surface area contributed by atoms with Gasteiger partial charge in [0.1, 0.15) is 11.1 Å². The van der Waals surface area contributed by atoms with Crippen LogP contribution < -0.4 is 5.19 Å². The van der Waals surface area contributed by atoms with E-state index in [0.29, 0.717) is 0 Å². The Labute approximate surface area is 381 Å². The molecular weight excluding hydrogens is 955 g/mol. The van der Waals surface area contributed by atoms with E-state index < -0.39 is 8.07 Å². The molecule has 0 N–H and O–H groups in total. The second-order valence-electron chi connectivity index (χ2n) is 18.9. The van der Waals surface area contributed by atoms with Crippen LogP contribution in [0.1, 0.15) is 77.0 Å². The van der Waals surface area contributed by atoms with Crippen molar-refractivity contribution in [2.75, 3.05) is 0 Å². The van der Waals surface area contributed by atoms with Crippen LogP contribution in [0.5, 0.6) is 0 Å². The number of rotatable bonds is 8. The van der Waals surface area contributed by atoms with Crippen molar-refractivity contribution in [3.8, 4) is 39.5 Å². The fourth-order valence-electron chi connectivity index (χ4n) is 8.27. The van der Waals surface area contributed by atoms with Crippen molar-refractivity contribution in [1.29, 1.82) is 0 Å². The Balaban J connectivity index is 0.000000223. The third kappa shape index (κ3) is 9.15. The molecule has 4 heterocycles. The predicted octanol–water partition coefficient (Wildman–Crippen LogP) is 13.8. The maximum absolute atomic E-state index is 6.44. The zero-order chi connectivity index (χ0) is 43.1. The molecule has 317 valence electrons. The van der Waals surface area contributed by atoms with E-state index in [4.69, 9.17) is 14.4 Å². The molecule has 62 heavy (non-hydrogen) atoms. The number of para-hydroxylation sites is 1. The van der Waals surface area contributed by atoms with Gasteiger partial charge in [0.05, 0.1) is 25.7 Å². The standard InChI is InChI=1S/C35H29N4O.C19H26NSi.Ir/c1-21(2)28-19-24(23-11-6-5-7-12-23)20-29(22(3)4)32(28)39-34(37-30-17-18-36-38-35(30)39)27-15-10-14-26-25-13-8-9-16-31(25)40-33(26)27;1-19(2,3)13-16-12-17(15-10-8-7-9-11-15)20-14-18(16)21(4,5)6;/h5-14,16-22H,1-4H3;7-10,12,14H,13H2,1-6H3;/q2*-1;. The molecule has 9 aromatic rings. The number of hydrogen-bond donors (Lipinski definition) is 0. The third-order valence-electron chi connectivity index (χ3n) is 11.1. The van der Waals surface area contributed by atoms with Gasteiger partial charge in [-0.2, -0.15) is 5.10 Å². The number of hydrogen-bond acceptors (Lipinski definition) is 5. The zero-order valence-corrected chi connectivity index (χ0v) is 40.9. The Morgan fingerprint density at radius 3 is 2.10 bits per heavy atom. The van der Waals surface area contributed by atoms with Gasteiger partial charge in [0, 0.05) is 37.4 Å². The average Bonchev–Trinajstić information content (AvgIpc) is 3.82. The first-order valence-corrected chi connectivity index (χ1v) is 24.9. The third-order valence-corrected chi connectivity index (χ3v) is 13.2. The van der Waals surface area contributed by atoms with Gasteiger partial charge in [-0.1, -0.05) is 139 Å². The van der Waals surface area contributed by atoms with Gasteiger partial charge in [-0.05, 0) is 81.1 Å². The quantitative estimate of drug-likeness (QED) is 0.112. The Morgan fingerprint density at radius 2 is 1.44 bits per heavy atom. The molecule has 9 rings (SSSR count). The molecule has 0 bridgehead atoms. The molecule has 0 spiro atoms.